The van der Waals surface area contributed by atoms with Crippen molar-refractivity contribution in [3.8, 4) is 0 Å². The van der Waals surface area contributed by atoms with Crippen molar-refractivity contribution < 1.29 is 9.18 Å². The molecule has 0 bridgehead atoms. The summed E-state index contributed by atoms with van der Waals surface area (Å²) in [5.41, 5.74) is 0.481. The smallest absolute Gasteiger partial charge is 0.251 e. The summed E-state index contributed by atoms with van der Waals surface area (Å²) in [6, 6.07) is 4.38. The number of nitrogens with one attached hydrogen (secondary N) is 1. The molecule has 1 aromatic rings. The highest BCUT2D eigenvalue weighted by Gasteiger charge is 2.20. The molecule has 0 aliphatic heterocycles. The molecule has 0 aliphatic rings. The minimum absolute atomic E-state index is 0.137. The number of carbonyl (C=O) groups is 1. The first-order chi connectivity index (χ1) is 8.21. The van der Waals surface area contributed by atoms with Gasteiger partial charge in [0.25, 0.3) is 5.91 Å². The number of amides is 1. The first kappa shape index (κ1) is 15.2. The molecule has 100 valence electrons. The van der Waals surface area contributed by atoms with Gasteiger partial charge in [-0.3, -0.25) is 4.79 Å². The third-order valence-electron chi connectivity index (χ3n) is 3.23. The lowest BCUT2D eigenvalue weighted by molar-refractivity contribution is 0.0936. The highest BCUT2D eigenvalue weighted by Crippen LogP contribution is 2.24. The van der Waals surface area contributed by atoms with E-state index in [0.29, 0.717) is 22.5 Å². The molecule has 0 spiro atoms. The summed E-state index contributed by atoms with van der Waals surface area (Å²) in [6.07, 6.45) is 0. The second kappa shape index (κ2) is 5.83. The van der Waals surface area contributed by atoms with Crippen LogP contribution in [0.4, 0.5) is 4.39 Å². The van der Waals surface area contributed by atoms with Gasteiger partial charge in [-0.15, -0.1) is 0 Å². The number of hydrogen-bond acceptors (Lipinski definition) is 1. The topological polar surface area (TPSA) is 29.1 Å². The van der Waals surface area contributed by atoms with E-state index in [0.717, 1.165) is 0 Å². The monoisotopic (exact) mass is 315 g/mol. The summed E-state index contributed by atoms with van der Waals surface area (Å²) in [4.78, 5) is 11.8. The predicted molar refractivity (Wildman–Crippen MR) is 75.1 cm³/mol. The second-order valence-corrected chi connectivity index (χ2v) is 6.46. The Morgan fingerprint density at radius 2 is 2.06 bits per heavy atom. The van der Waals surface area contributed by atoms with Gasteiger partial charge in [0.15, 0.2) is 0 Å². The van der Waals surface area contributed by atoms with E-state index in [9.17, 15) is 9.18 Å². The maximum absolute atomic E-state index is 13.3. The van der Waals surface area contributed by atoms with Gasteiger partial charge in [0, 0.05) is 12.1 Å². The lowest BCUT2D eigenvalue weighted by Crippen LogP contribution is -2.33. The fourth-order valence-electron chi connectivity index (χ4n) is 1.29. The van der Waals surface area contributed by atoms with Crippen molar-refractivity contribution in [2.24, 2.45) is 11.3 Å². The molecule has 1 unspecified atom stereocenters. The van der Waals surface area contributed by atoms with E-state index in [1.807, 2.05) is 0 Å². The summed E-state index contributed by atoms with van der Waals surface area (Å²) in [5.74, 6) is -0.314. The van der Waals surface area contributed by atoms with Gasteiger partial charge in [-0.2, -0.15) is 0 Å². The molecule has 0 aromatic heterocycles. The zero-order valence-electron chi connectivity index (χ0n) is 11.2. The third-order valence-corrected chi connectivity index (χ3v) is 3.87. The summed E-state index contributed by atoms with van der Waals surface area (Å²) in [7, 11) is 0. The first-order valence-corrected chi connectivity index (χ1v) is 6.74. The van der Waals surface area contributed by atoms with Crippen LogP contribution in [0.1, 0.15) is 38.1 Å². The van der Waals surface area contributed by atoms with Crippen LogP contribution in [0.25, 0.3) is 0 Å². The average Bonchev–Trinajstić information content (AvgIpc) is 2.27. The van der Waals surface area contributed by atoms with Gasteiger partial charge in [-0.05, 0) is 45.5 Å². The number of halogens is 2. The Morgan fingerprint density at radius 1 is 1.44 bits per heavy atom. The molecule has 2 nitrogen and oxygen atoms in total. The Bertz CT molecular complexity index is 440. The normalized spacial score (nSPS) is 13.2. The molecule has 0 radical (unpaired) electrons. The number of benzene rings is 1. The van der Waals surface area contributed by atoms with Crippen molar-refractivity contribution in [2.75, 3.05) is 6.54 Å². The Kier molecular flexibility index (Phi) is 4.91. The SMILES string of the molecule is CC(CNC(=O)c1ccc(Br)c(F)c1)C(C)(C)C. The van der Waals surface area contributed by atoms with Crippen molar-refractivity contribution in [2.45, 2.75) is 27.7 Å². The number of rotatable bonds is 3. The van der Waals surface area contributed by atoms with E-state index in [2.05, 4.69) is 48.9 Å². The van der Waals surface area contributed by atoms with E-state index in [-0.39, 0.29) is 11.3 Å². The van der Waals surface area contributed by atoms with Crippen LogP contribution in [0, 0.1) is 17.2 Å². The van der Waals surface area contributed by atoms with Crippen molar-refractivity contribution in [3.05, 3.63) is 34.1 Å². The molecular formula is C14H19BrFNO. The zero-order valence-corrected chi connectivity index (χ0v) is 12.8. The van der Waals surface area contributed by atoms with Gasteiger partial charge in [0.05, 0.1) is 4.47 Å². The highest BCUT2D eigenvalue weighted by molar-refractivity contribution is 9.10. The average molecular weight is 316 g/mol. The standard InChI is InChI=1S/C14H19BrFNO/c1-9(14(2,3)4)8-17-13(18)10-5-6-11(15)12(16)7-10/h5-7,9H,8H2,1-4H3,(H,17,18). The van der Waals surface area contributed by atoms with Gasteiger partial charge in [0.1, 0.15) is 5.82 Å². The minimum Gasteiger partial charge on any atom is -0.352 e. The van der Waals surface area contributed by atoms with E-state index in [4.69, 9.17) is 0 Å². The molecule has 1 rings (SSSR count). The summed E-state index contributed by atoms with van der Waals surface area (Å²) in [5, 5.41) is 2.83. The van der Waals surface area contributed by atoms with Crippen LogP contribution in [0.2, 0.25) is 0 Å². The Labute approximate surface area is 116 Å². The van der Waals surface area contributed by atoms with Crippen LogP contribution in [-0.4, -0.2) is 12.5 Å². The van der Waals surface area contributed by atoms with Gasteiger partial charge < -0.3 is 5.32 Å². The quantitative estimate of drug-likeness (QED) is 0.897. The van der Waals surface area contributed by atoms with Crippen molar-refractivity contribution >= 4 is 21.8 Å². The van der Waals surface area contributed by atoms with Gasteiger partial charge in [-0.1, -0.05) is 27.7 Å². The summed E-state index contributed by atoms with van der Waals surface area (Å²) >= 11 is 3.06. The van der Waals surface area contributed by atoms with Crippen LogP contribution in [0.5, 0.6) is 0 Å². The van der Waals surface area contributed by atoms with Gasteiger partial charge in [0.2, 0.25) is 0 Å². The largest absolute Gasteiger partial charge is 0.352 e. The Hall–Kier alpha value is -0.900. The fourth-order valence-corrected chi connectivity index (χ4v) is 1.54. The lowest BCUT2D eigenvalue weighted by Gasteiger charge is -2.27. The highest BCUT2D eigenvalue weighted by atomic mass is 79.9. The zero-order chi connectivity index (χ0) is 13.9. The fraction of sp³-hybridized carbons (Fsp3) is 0.500. The van der Waals surface area contributed by atoms with E-state index in [1.54, 1.807) is 6.07 Å². The van der Waals surface area contributed by atoms with Crippen LogP contribution in [-0.2, 0) is 0 Å². The van der Waals surface area contributed by atoms with E-state index in [1.165, 1.54) is 12.1 Å². The number of hydrogen-bond donors (Lipinski definition) is 1. The van der Waals surface area contributed by atoms with E-state index >= 15 is 0 Å². The van der Waals surface area contributed by atoms with Crippen LogP contribution < -0.4 is 5.32 Å². The van der Waals surface area contributed by atoms with Crippen LogP contribution in [0.15, 0.2) is 22.7 Å². The molecule has 0 saturated carbocycles. The lowest BCUT2D eigenvalue weighted by atomic mass is 9.82. The maximum atomic E-state index is 13.3. The molecule has 0 fully saturated rings. The Balaban J connectivity index is 2.63. The second-order valence-electron chi connectivity index (χ2n) is 5.61. The van der Waals surface area contributed by atoms with Crippen LogP contribution in [0.3, 0.4) is 0 Å². The molecule has 4 heteroatoms. The van der Waals surface area contributed by atoms with Gasteiger partial charge >= 0.3 is 0 Å². The molecule has 0 aliphatic carbocycles. The molecular weight excluding hydrogens is 297 g/mol. The van der Waals surface area contributed by atoms with Gasteiger partial charge in [-0.25, -0.2) is 4.39 Å². The molecule has 1 atom stereocenters. The molecule has 1 N–H and O–H groups in total. The number of carbonyl (C=O) groups excluding carboxylic acids is 1. The molecule has 18 heavy (non-hydrogen) atoms. The molecule has 0 saturated heterocycles. The third kappa shape index (κ3) is 4.09. The van der Waals surface area contributed by atoms with Crippen molar-refractivity contribution in [3.63, 3.8) is 0 Å². The van der Waals surface area contributed by atoms with Crippen molar-refractivity contribution in [1.29, 1.82) is 0 Å². The van der Waals surface area contributed by atoms with Crippen LogP contribution >= 0.6 is 15.9 Å². The Morgan fingerprint density at radius 3 is 2.56 bits per heavy atom. The molecule has 1 amide bonds. The summed E-state index contributed by atoms with van der Waals surface area (Å²) < 4.78 is 13.7. The summed E-state index contributed by atoms with van der Waals surface area (Å²) in [6.45, 7) is 9.05. The maximum Gasteiger partial charge on any atom is 0.251 e. The minimum atomic E-state index is -0.425. The molecule has 1 aromatic carbocycles. The molecule has 0 heterocycles. The predicted octanol–water partition coefficient (Wildman–Crippen LogP) is 4.00. The van der Waals surface area contributed by atoms with Crippen molar-refractivity contribution in [1.82, 2.24) is 5.32 Å². The van der Waals surface area contributed by atoms with E-state index < -0.39 is 5.82 Å². The first-order valence-electron chi connectivity index (χ1n) is 5.95.